The van der Waals surface area contributed by atoms with Gasteiger partial charge in [-0.25, -0.2) is 4.98 Å². The zero-order valence-corrected chi connectivity index (χ0v) is 13.7. The summed E-state index contributed by atoms with van der Waals surface area (Å²) in [6.07, 6.45) is 5.79. The minimum Gasteiger partial charge on any atom is -0.353 e. The van der Waals surface area contributed by atoms with Crippen LogP contribution in [0, 0.1) is 0 Å². The standard InChI is InChI=1S/C17H18N8/c1-2-6-24-12-14(19-15(24)3-1)11-22-7-9-23(10-8-22)17-5-4-16-20-18-13-25(16)21-17/h1-6,12-13H,7-11H2. The number of hydrogen-bond acceptors (Lipinski definition) is 6. The summed E-state index contributed by atoms with van der Waals surface area (Å²) < 4.78 is 3.79. The second-order valence-corrected chi connectivity index (χ2v) is 6.29. The lowest BCUT2D eigenvalue weighted by atomic mass is 10.3. The highest BCUT2D eigenvalue weighted by atomic mass is 15.4. The van der Waals surface area contributed by atoms with E-state index in [9.17, 15) is 0 Å². The van der Waals surface area contributed by atoms with Gasteiger partial charge in [0.05, 0.1) is 5.69 Å². The molecule has 0 aliphatic carbocycles. The predicted molar refractivity (Wildman–Crippen MR) is 93.5 cm³/mol. The van der Waals surface area contributed by atoms with Crippen LogP contribution in [-0.2, 0) is 6.54 Å². The molecule has 0 atom stereocenters. The molecule has 0 radical (unpaired) electrons. The van der Waals surface area contributed by atoms with Crippen molar-refractivity contribution in [2.45, 2.75) is 6.54 Å². The maximum Gasteiger partial charge on any atom is 0.177 e. The first-order chi connectivity index (χ1) is 12.3. The summed E-state index contributed by atoms with van der Waals surface area (Å²) in [5, 5.41) is 12.5. The minimum absolute atomic E-state index is 0.772. The van der Waals surface area contributed by atoms with E-state index in [0.29, 0.717) is 0 Å². The number of piperazine rings is 1. The monoisotopic (exact) mass is 334 g/mol. The van der Waals surface area contributed by atoms with Gasteiger partial charge in [0, 0.05) is 45.1 Å². The van der Waals surface area contributed by atoms with Crippen molar-refractivity contribution in [3.8, 4) is 0 Å². The lowest BCUT2D eigenvalue weighted by molar-refractivity contribution is 0.247. The van der Waals surface area contributed by atoms with Crippen LogP contribution in [0.5, 0.6) is 0 Å². The van der Waals surface area contributed by atoms with E-state index in [0.717, 1.165) is 55.5 Å². The Morgan fingerprint density at radius 2 is 1.88 bits per heavy atom. The molecule has 126 valence electrons. The van der Waals surface area contributed by atoms with Crippen LogP contribution in [0.2, 0.25) is 0 Å². The van der Waals surface area contributed by atoms with Gasteiger partial charge in [-0.3, -0.25) is 4.90 Å². The molecule has 0 unspecified atom stereocenters. The second-order valence-electron chi connectivity index (χ2n) is 6.29. The third-order valence-electron chi connectivity index (χ3n) is 4.64. The molecule has 1 aliphatic rings. The van der Waals surface area contributed by atoms with Crippen LogP contribution in [0.4, 0.5) is 5.82 Å². The fourth-order valence-electron chi connectivity index (χ4n) is 3.31. The summed E-state index contributed by atoms with van der Waals surface area (Å²) in [4.78, 5) is 9.44. The second kappa shape index (κ2) is 5.82. The van der Waals surface area contributed by atoms with Crippen LogP contribution < -0.4 is 4.90 Å². The van der Waals surface area contributed by atoms with Gasteiger partial charge in [0.2, 0.25) is 0 Å². The van der Waals surface area contributed by atoms with E-state index in [1.807, 2.05) is 36.5 Å². The van der Waals surface area contributed by atoms with Crippen molar-refractivity contribution < 1.29 is 0 Å². The van der Waals surface area contributed by atoms with Gasteiger partial charge in [0.15, 0.2) is 5.65 Å². The Labute approximate surface area is 144 Å². The van der Waals surface area contributed by atoms with Crippen molar-refractivity contribution in [3.63, 3.8) is 0 Å². The fraction of sp³-hybridized carbons (Fsp3) is 0.294. The highest BCUT2D eigenvalue weighted by Gasteiger charge is 2.19. The lowest BCUT2D eigenvalue weighted by Gasteiger charge is -2.34. The maximum absolute atomic E-state index is 4.69. The molecular weight excluding hydrogens is 316 g/mol. The number of hydrogen-bond donors (Lipinski definition) is 0. The Balaban J connectivity index is 1.26. The van der Waals surface area contributed by atoms with Gasteiger partial charge >= 0.3 is 0 Å². The third kappa shape index (κ3) is 2.70. The average Bonchev–Trinajstić information content (AvgIpc) is 3.27. The van der Waals surface area contributed by atoms with Gasteiger partial charge < -0.3 is 9.30 Å². The van der Waals surface area contributed by atoms with E-state index in [1.165, 1.54) is 0 Å². The van der Waals surface area contributed by atoms with Crippen LogP contribution >= 0.6 is 0 Å². The summed E-state index contributed by atoms with van der Waals surface area (Å²) in [5.74, 6) is 0.972. The highest BCUT2D eigenvalue weighted by Crippen LogP contribution is 2.15. The molecule has 5 heterocycles. The Kier molecular flexibility index (Phi) is 3.34. The first-order valence-corrected chi connectivity index (χ1v) is 8.42. The first kappa shape index (κ1) is 14.4. The molecule has 1 saturated heterocycles. The lowest BCUT2D eigenvalue weighted by Crippen LogP contribution is -2.46. The normalized spacial score (nSPS) is 16.1. The number of nitrogens with zero attached hydrogens (tertiary/aromatic N) is 8. The molecule has 4 aromatic rings. The van der Waals surface area contributed by atoms with Crippen LogP contribution in [-0.4, -0.2) is 60.3 Å². The molecule has 1 fully saturated rings. The van der Waals surface area contributed by atoms with E-state index in [4.69, 9.17) is 4.98 Å². The number of imidazole rings is 1. The Hall–Kier alpha value is -3.00. The topological polar surface area (TPSA) is 66.9 Å². The first-order valence-electron chi connectivity index (χ1n) is 8.42. The molecule has 8 nitrogen and oxygen atoms in total. The summed E-state index contributed by atoms with van der Waals surface area (Å²) in [5.41, 5.74) is 2.89. The van der Waals surface area contributed by atoms with Gasteiger partial charge in [0.25, 0.3) is 0 Å². The Morgan fingerprint density at radius 1 is 0.960 bits per heavy atom. The Bertz CT molecular complexity index is 979. The van der Waals surface area contributed by atoms with Gasteiger partial charge in [-0.05, 0) is 24.3 Å². The number of rotatable bonds is 3. The molecule has 4 aromatic heterocycles. The molecule has 0 aromatic carbocycles. The maximum atomic E-state index is 4.69. The molecule has 0 saturated carbocycles. The van der Waals surface area contributed by atoms with Gasteiger partial charge in [-0.2, -0.15) is 4.52 Å². The zero-order valence-electron chi connectivity index (χ0n) is 13.7. The van der Waals surface area contributed by atoms with Gasteiger partial charge in [0.1, 0.15) is 17.8 Å². The van der Waals surface area contributed by atoms with Crippen LogP contribution in [0.3, 0.4) is 0 Å². The predicted octanol–water partition coefficient (Wildman–Crippen LogP) is 1.09. The van der Waals surface area contributed by atoms with E-state index in [-0.39, 0.29) is 0 Å². The summed E-state index contributed by atoms with van der Waals surface area (Å²) in [6.45, 7) is 4.78. The SMILES string of the molecule is c1ccn2cc(CN3CCN(c4ccc5nncn5n4)CC3)nc2c1. The Morgan fingerprint density at radius 3 is 2.76 bits per heavy atom. The van der Waals surface area contributed by atoms with Crippen LogP contribution in [0.15, 0.2) is 49.1 Å². The molecule has 8 heteroatoms. The minimum atomic E-state index is 0.772. The molecule has 0 amide bonds. The van der Waals surface area contributed by atoms with E-state index in [2.05, 4.69) is 35.7 Å². The molecule has 0 N–H and O–H groups in total. The van der Waals surface area contributed by atoms with Gasteiger partial charge in [-0.15, -0.1) is 15.3 Å². The third-order valence-corrected chi connectivity index (χ3v) is 4.64. The molecular formula is C17H18N8. The molecule has 0 bridgehead atoms. The van der Waals surface area contributed by atoms with Crippen molar-refractivity contribution in [2.24, 2.45) is 0 Å². The largest absolute Gasteiger partial charge is 0.353 e. The summed E-state index contributed by atoms with van der Waals surface area (Å²) >= 11 is 0. The number of pyridine rings is 1. The quantitative estimate of drug-likeness (QED) is 0.559. The summed E-state index contributed by atoms with van der Waals surface area (Å²) in [6, 6.07) is 10.1. The van der Waals surface area contributed by atoms with Crippen LogP contribution in [0.1, 0.15) is 5.69 Å². The molecule has 0 spiro atoms. The van der Waals surface area contributed by atoms with Crippen molar-refractivity contribution >= 4 is 17.1 Å². The number of anilines is 1. The molecule has 5 rings (SSSR count). The smallest absolute Gasteiger partial charge is 0.177 e. The van der Waals surface area contributed by atoms with Crippen molar-refractivity contribution in [2.75, 3.05) is 31.1 Å². The van der Waals surface area contributed by atoms with Crippen molar-refractivity contribution in [1.82, 2.24) is 34.1 Å². The van der Waals surface area contributed by atoms with Crippen molar-refractivity contribution in [3.05, 3.63) is 54.7 Å². The van der Waals surface area contributed by atoms with Crippen LogP contribution in [0.25, 0.3) is 11.3 Å². The highest BCUT2D eigenvalue weighted by molar-refractivity contribution is 5.45. The molecule has 1 aliphatic heterocycles. The van der Waals surface area contributed by atoms with Gasteiger partial charge in [-0.1, -0.05) is 6.07 Å². The van der Waals surface area contributed by atoms with E-state index in [1.54, 1.807) is 10.8 Å². The van der Waals surface area contributed by atoms with Crippen molar-refractivity contribution in [1.29, 1.82) is 0 Å². The fourth-order valence-corrected chi connectivity index (χ4v) is 3.31. The van der Waals surface area contributed by atoms with E-state index >= 15 is 0 Å². The summed E-state index contributed by atoms with van der Waals surface area (Å²) in [7, 11) is 0. The zero-order chi connectivity index (χ0) is 16.6. The average molecular weight is 334 g/mol. The number of aromatic nitrogens is 6. The number of fused-ring (bicyclic) bond motifs is 2. The molecule has 25 heavy (non-hydrogen) atoms. The van der Waals surface area contributed by atoms with E-state index < -0.39 is 0 Å².